The fourth-order valence-corrected chi connectivity index (χ4v) is 4.05. The molecule has 3 rings (SSSR count). The predicted molar refractivity (Wildman–Crippen MR) is 119 cm³/mol. The zero-order valence-electron chi connectivity index (χ0n) is 15.9. The molecule has 0 saturated carbocycles. The third kappa shape index (κ3) is 5.74. The predicted octanol–water partition coefficient (Wildman–Crippen LogP) is 5.51. The second kappa shape index (κ2) is 9.47. The summed E-state index contributed by atoms with van der Waals surface area (Å²) in [5.74, 6) is 2.83. The third-order valence-electron chi connectivity index (χ3n) is 4.18. The van der Waals surface area contributed by atoms with Crippen molar-refractivity contribution in [2.24, 2.45) is 0 Å². The van der Waals surface area contributed by atoms with Crippen LogP contribution in [0.5, 0.6) is 0 Å². The van der Waals surface area contributed by atoms with Crippen molar-refractivity contribution < 1.29 is 8.42 Å². The van der Waals surface area contributed by atoms with Crippen LogP contribution >= 0.6 is 11.6 Å². The molecule has 3 aromatic rings. The van der Waals surface area contributed by atoms with Gasteiger partial charge in [0, 0.05) is 11.1 Å². The highest BCUT2D eigenvalue weighted by molar-refractivity contribution is 7.89. The third-order valence-corrected chi connectivity index (χ3v) is 6.08. The highest BCUT2D eigenvalue weighted by Gasteiger charge is 2.22. The molecule has 0 radical (unpaired) electrons. The van der Waals surface area contributed by atoms with Crippen LogP contribution in [0.25, 0.3) is 6.08 Å². The molecule has 0 unspecified atom stereocenters. The first-order chi connectivity index (χ1) is 13.9. The number of nitrogens with zero attached hydrogens (tertiary/aromatic N) is 1. The van der Waals surface area contributed by atoms with Gasteiger partial charge in [0.05, 0.1) is 11.4 Å². The van der Waals surface area contributed by atoms with Gasteiger partial charge in [0.25, 0.3) is 10.0 Å². The molecule has 29 heavy (non-hydrogen) atoms. The summed E-state index contributed by atoms with van der Waals surface area (Å²) in [7, 11) is -3.76. The topological polar surface area (TPSA) is 37.4 Å². The number of hydrogen-bond donors (Lipinski definition) is 0. The molecule has 0 heterocycles. The molecule has 0 amide bonds. The van der Waals surface area contributed by atoms with E-state index in [1.54, 1.807) is 42.5 Å². The maximum atomic E-state index is 13.1. The lowest BCUT2D eigenvalue weighted by Crippen LogP contribution is -2.26. The Bertz CT molecular complexity index is 1160. The summed E-state index contributed by atoms with van der Waals surface area (Å²) in [6.45, 7) is 2.08. The van der Waals surface area contributed by atoms with E-state index >= 15 is 0 Å². The largest absolute Gasteiger partial charge is 0.271 e. The summed E-state index contributed by atoms with van der Waals surface area (Å²) in [6.07, 6.45) is 3.41. The minimum absolute atomic E-state index is 0.162. The van der Waals surface area contributed by atoms with E-state index in [4.69, 9.17) is 11.6 Å². The number of aryl methyl sites for hydroxylation is 1. The van der Waals surface area contributed by atoms with E-state index in [0.717, 1.165) is 16.7 Å². The van der Waals surface area contributed by atoms with Gasteiger partial charge in [-0.15, -0.1) is 0 Å². The number of benzene rings is 3. The minimum Gasteiger partial charge on any atom is -0.220 e. The maximum absolute atomic E-state index is 13.1. The van der Waals surface area contributed by atoms with E-state index < -0.39 is 10.0 Å². The maximum Gasteiger partial charge on any atom is 0.271 e. The van der Waals surface area contributed by atoms with E-state index in [-0.39, 0.29) is 11.4 Å². The van der Waals surface area contributed by atoms with Crippen LogP contribution in [0, 0.1) is 18.9 Å². The average molecular weight is 422 g/mol. The van der Waals surface area contributed by atoms with Crippen LogP contribution in [0.3, 0.4) is 0 Å². The number of rotatable bonds is 5. The Morgan fingerprint density at radius 3 is 2.38 bits per heavy atom. The van der Waals surface area contributed by atoms with Crippen LogP contribution in [0.4, 0.5) is 0 Å². The van der Waals surface area contributed by atoms with E-state index in [1.165, 1.54) is 4.31 Å². The molecule has 0 atom stereocenters. The van der Waals surface area contributed by atoms with Gasteiger partial charge in [0.1, 0.15) is 0 Å². The molecule has 0 aromatic heterocycles. The molecule has 0 aliphatic heterocycles. The molecule has 3 nitrogen and oxygen atoms in total. The molecule has 0 spiro atoms. The summed E-state index contributed by atoms with van der Waals surface area (Å²) >= 11 is 5.98. The zero-order chi connectivity index (χ0) is 20.7. The molecular formula is C24H20ClNO2S. The van der Waals surface area contributed by atoms with Gasteiger partial charge >= 0.3 is 0 Å². The van der Waals surface area contributed by atoms with Crippen LogP contribution in [-0.2, 0) is 16.6 Å². The molecule has 146 valence electrons. The lowest BCUT2D eigenvalue weighted by Gasteiger charge is -2.18. The van der Waals surface area contributed by atoms with Crippen molar-refractivity contribution in [3.05, 3.63) is 107 Å². The summed E-state index contributed by atoms with van der Waals surface area (Å²) in [4.78, 5) is 0.215. The molecule has 0 N–H and O–H groups in total. The lowest BCUT2D eigenvalue weighted by atomic mass is 10.2. The SMILES string of the molecule is Cc1ccc(S(=O)(=O)N(C#C/C=C/c2cccc(Cl)c2)Cc2ccccc2)cc1. The van der Waals surface area contributed by atoms with Gasteiger partial charge in [-0.3, -0.25) is 0 Å². The second-order valence-electron chi connectivity index (χ2n) is 6.45. The number of allylic oxidation sites excluding steroid dienone is 1. The highest BCUT2D eigenvalue weighted by Crippen LogP contribution is 2.18. The van der Waals surface area contributed by atoms with Crippen LogP contribution in [-0.4, -0.2) is 12.7 Å². The van der Waals surface area contributed by atoms with Gasteiger partial charge in [-0.1, -0.05) is 77.7 Å². The van der Waals surface area contributed by atoms with Crippen LogP contribution < -0.4 is 0 Å². The Balaban J connectivity index is 1.90. The van der Waals surface area contributed by atoms with Crippen LogP contribution in [0.2, 0.25) is 5.02 Å². The summed E-state index contributed by atoms with van der Waals surface area (Å²) in [6, 6.07) is 26.3. The van der Waals surface area contributed by atoms with Crippen molar-refractivity contribution in [1.29, 1.82) is 0 Å². The molecular weight excluding hydrogens is 402 g/mol. The van der Waals surface area contributed by atoms with Crippen molar-refractivity contribution in [2.45, 2.75) is 18.4 Å². The Labute approximate surface area is 177 Å². The average Bonchev–Trinajstić information content (AvgIpc) is 2.71. The number of hydrogen-bond acceptors (Lipinski definition) is 2. The first kappa shape index (κ1) is 20.7. The van der Waals surface area contributed by atoms with Crippen molar-refractivity contribution in [3.63, 3.8) is 0 Å². The van der Waals surface area contributed by atoms with Crippen molar-refractivity contribution in [1.82, 2.24) is 4.31 Å². The van der Waals surface area contributed by atoms with E-state index in [2.05, 4.69) is 12.0 Å². The number of halogens is 1. The van der Waals surface area contributed by atoms with Gasteiger partial charge in [0.2, 0.25) is 0 Å². The molecule has 0 aliphatic rings. The highest BCUT2D eigenvalue weighted by atomic mass is 35.5. The molecule has 0 saturated heterocycles. The smallest absolute Gasteiger partial charge is 0.220 e. The minimum atomic E-state index is -3.76. The number of sulfonamides is 1. The second-order valence-corrected chi connectivity index (χ2v) is 8.75. The van der Waals surface area contributed by atoms with Gasteiger partial charge in [-0.05, 0) is 54.5 Å². The van der Waals surface area contributed by atoms with Crippen LogP contribution in [0.15, 0.2) is 89.8 Å². The van der Waals surface area contributed by atoms with E-state index in [0.29, 0.717) is 5.02 Å². The van der Waals surface area contributed by atoms with E-state index in [9.17, 15) is 8.42 Å². The van der Waals surface area contributed by atoms with Crippen molar-refractivity contribution in [3.8, 4) is 12.0 Å². The first-order valence-electron chi connectivity index (χ1n) is 9.02. The fraction of sp³-hybridized carbons (Fsp3) is 0.0833. The lowest BCUT2D eigenvalue weighted by molar-refractivity contribution is 0.508. The molecule has 0 fully saturated rings. The van der Waals surface area contributed by atoms with Crippen molar-refractivity contribution >= 4 is 27.7 Å². The monoisotopic (exact) mass is 421 g/mol. The molecule has 0 bridgehead atoms. The normalized spacial score (nSPS) is 11.1. The Kier molecular flexibility index (Phi) is 6.77. The van der Waals surface area contributed by atoms with Crippen LogP contribution in [0.1, 0.15) is 16.7 Å². The Morgan fingerprint density at radius 2 is 1.69 bits per heavy atom. The van der Waals surface area contributed by atoms with Gasteiger partial charge in [0.15, 0.2) is 0 Å². The summed E-state index contributed by atoms with van der Waals surface area (Å²) in [5, 5.41) is 0.632. The summed E-state index contributed by atoms with van der Waals surface area (Å²) in [5.41, 5.74) is 2.74. The quantitative estimate of drug-likeness (QED) is 0.402. The van der Waals surface area contributed by atoms with E-state index in [1.807, 2.05) is 55.5 Å². The van der Waals surface area contributed by atoms with Gasteiger partial charge in [-0.2, -0.15) is 0 Å². The van der Waals surface area contributed by atoms with Gasteiger partial charge in [-0.25, -0.2) is 12.7 Å². The fourth-order valence-electron chi connectivity index (χ4n) is 2.63. The summed E-state index contributed by atoms with van der Waals surface area (Å²) < 4.78 is 27.5. The Hall–Kier alpha value is -3.00. The van der Waals surface area contributed by atoms with Gasteiger partial charge < -0.3 is 0 Å². The molecule has 0 aliphatic carbocycles. The Morgan fingerprint density at radius 1 is 0.966 bits per heavy atom. The molecule has 3 aromatic carbocycles. The van der Waals surface area contributed by atoms with Crippen molar-refractivity contribution in [2.75, 3.05) is 0 Å². The molecule has 5 heteroatoms. The standard InChI is InChI=1S/C24H20ClNO2S/c1-20-13-15-24(16-14-20)29(27,28)26(19-22-9-3-2-4-10-22)17-6-5-8-21-11-7-12-23(25)18-21/h2-5,7-16,18H,19H2,1H3/b8-5+. The first-order valence-corrected chi connectivity index (χ1v) is 10.8. The zero-order valence-corrected chi connectivity index (χ0v) is 17.5.